The van der Waals surface area contributed by atoms with Crippen LogP contribution in [0.3, 0.4) is 0 Å². The van der Waals surface area contributed by atoms with Gasteiger partial charge in [-0.05, 0) is 51.3 Å². The van der Waals surface area contributed by atoms with Gasteiger partial charge in [-0.1, -0.05) is 31.4 Å². The minimum absolute atomic E-state index is 0.239. The zero-order valence-electron chi connectivity index (χ0n) is 19.9. The van der Waals surface area contributed by atoms with E-state index in [-0.39, 0.29) is 37.6 Å². The van der Waals surface area contributed by atoms with Crippen molar-refractivity contribution in [3.05, 3.63) is 29.8 Å². The highest BCUT2D eigenvalue weighted by molar-refractivity contribution is 5.85. The lowest BCUT2D eigenvalue weighted by atomic mass is 9.72. The number of benzene rings is 1. The molecule has 0 radical (unpaired) electrons. The van der Waals surface area contributed by atoms with Crippen LogP contribution in [0.25, 0.3) is 0 Å². The molecule has 34 heavy (non-hydrogen) atoms. The fraction of sp³-hybridized carbons (Fsp3) is 0.667. The lowest BCUT2D eigenvalue weighted by Gasteiger charge is -2.43. The number of rotatable bonds is 4. The van der Waals surface area contributed by atoms with Gasteiger partial charge in [-0.25, -0.2) is 4.79 Å². The Hall–Kier alpha value is -2.49. The predicted octanol–water partition coefficient (Wildman–Crippen LogP) is 4.44. The van der Waals surface area contributed by atoms with Crippen LogP contribution in [0.1, 0.15) is 64.4 Å². The number of piperazine rings is 1. The maximum Gasteiger partial charge on any atom is 0.573 e. The molecule has 10 heteroatoms. The van der Waals surface area contributed by atoms with Crippen molar-refractivity contribution in [1.82, 2.24) is 9.80 Å². The Kier molecular flexibility index (Phi) is 7.69. The minimum atomic E-state index is -4.86. The molecular formula is C24H33F3N2O5. The van der Waals surface area contributed by atoms with Crippen molar-refractivity contribution in [2.45, 2.75) is 76.4 Å². The molecule has 3 rings (SSSR count). The van der Waals surface area contributed by atoms with E-state index in [1.807, 2.05) is 0 Å². The van der Waals surface area contributed by atoms with E-state index in [1.54, 1.807) is 31.7 Å². The summed E-state index contributed by atoms with van der Waals surface area (Å²) in [6, 6.07) is 5.29. The molecule has 0 spiro atoms. The number of hydrogen-bond acceptors (Lipinski definition) is 5. The molecule has 1 saturated carbocycles. The van der Waals surface area contributed by atoms with Crippen molar-refractivity contribution in [1.29, 1.82) is 0 Å². The van der Waals surface area contributed by atoms with Crippen molar-refractivity contribution in [2.24, 2.45) is 0 Å². The fourth-order valence-corrected chi connectivity index (χ4v) is 4.65. The van der Waals surface area contributed by atoms with E-state index in [4.69, 9.17) is 4.74 Å². The number of aliphatic hydroxyl groups is 1. The van der Waals surface area contributed by atoms with E-state index in [2.05, 4.69) is 4.74 Å². The third-order valence-corrected chi connectivity index (χ3v) is 6.17. The summed E-state index contributed by atoms with van der Waals surface area (Å²) in [6.45, 7) is 6.34. The van der Waals surface area contributed by atoms with Crippen LogP contribution >= 0.6 is 0 Å². The number of carbonyl (C=O) groups is 2. The molecule has 1 heterocycles. The number of nitrogens with zero attached hydrogens (tertiary/aromatic N) is 2. The molecule has 1 N–H and O–H groups in total. The minimum Gasteiger partial charge on any atom is -0.444 e. The number of amides is 2. The second kappa shape index (κ2) is 10.0. The van der Waals surface area contributed by atoms with Crippen molar-refractivity contribution >= 4 is 12.0 Å². The molecule has 1 aliphatic carbocycles. The quantitative estimate of drug-likeness (QED) is 0.681. The molecule has 1 aromatic rings. The van der Waals surface area contributed by atoms with E-state index in [0.717, 1.165) is 19.3 Å². The zero-order valence-corrected chi connectivity index (χ0v) is 19.9. The Labute approximate surface area is 197 Å². The monoisotopic (exact) mass is 486 g/mol. The standard InChI is InChI=1S/C24H33F3N2O5/c1-22(2,3)34-21(31)29-14-12-28(13-15-29)20(30)19(23(32)10-5-4-6-11-23)17-8-7-9-18(16-17)33-24(25,26)27/h7-9,16,19,32H,4-6,10-15H2,1-3H3/t19-/m1/s1. The van der Waals surface area contributed by atoms with Crippen molar-refractivity contribution < 1.29 is 37.3 Å². The van der Waals surface area contributed by atoms with Gasteiger partial charge in [-0.3, -0.25) is 4.79 Å². The molecule has 0 aromatic heterocycles. The summed E-state index contributed by atoms with van der Waals surface area (Å²) < 4.78 is 47.8. The first kappa shape index (κ1) is 26.1. The first-order chi connectivity index (χ1) is 15.8. The lowest BCUT2D eigenvalue weighted by molar-refractivity contribution is -0.274. The van der Waals surface area contributed by atoms with Crippen LogP contribution in [0.5, 0.6) is 5.75 Å². The van der Waals surface area contributed by atoms with Crippen molar-refractivity contribution in [3.8, 4) is 5.75 Å². The second-order valence-corrected chi connectivity index (χ2v) is 10.0. The Balaban J connectivity index is 1.81. The smallest absolute Gasteiger partial charge is 0.444 e. The molecule has 2 aliphatic rings. The number of carbonyl (C=O) groups excluding carboxylic acids is 2. The van der Waals surface area contributed by atoms with Crippen LogP contribution in [0, 0.1) is 0 Å². The van der Waals surface area contributed by atoms with Crippen LogP contribution in [0.15, 0.2) is 24.3 Å². The van der Waals surface area contributed by atoms with E-state index >= 15 is 0 Å². The van der Waals surface area contributed by atoms with Gasteiger partial charge in [0.15, 0.2) is 0 Å². The van der Waals surface area contributed by atoms with Crippen LogP contribution in [-0.4, -0.2) is 70.7 Å². The number of alkyl halides is 3. The molecule has 2 fully saturated rings. The number of ether oxygens (including phenoxy) is 2. The summed E-state index contributed by atoms with van der Waals surface area (Å²) in [7, 11) is 0. The summed E-state index contributed by atoms with van der Waals surface area (Å²) in [5, 5.41) is 11.5. The van der Waals surface area contributed by atoms with Crippen LogP contribution < -0.4 is 4.74 Å². The first-order valence-corrected chi connectivity index (χ1v) is 11.6. The van der Waals surface area contributed by atoms with Gasteiger partial charge >= 0.3 is 12.5 Å². The SMILES string of the molecule is CC(C)(C)OC(=O)N1CCN(C(=O)[C@@H](c2cccc(OC(F)(F)F)c2)C2(O)CCCCC2)CC1. The average Bonchev–Trinajstić information content (AvgIpc) is 2.72. The van der Waals surface area contributed by atoms with Gasteiger partial charge < -0.3 is 24.4 Å². The lowest BCUT2D eigenvalue weighted by Crippen LogP contribution is -2.55. The Morgan fingerprint density at radius 3 is 2.15 bits per heavy atom. The molecule has 1 aliphatic heterocycles. The van der Waals surface area contributed by atoms with E-state index in [0.29, 0.717) is 12.8 Å². The highest BCUT2D eigenvalue weighted by Crippen LogP contribution is 2.42. The number of halogens is 3. The van der Waals surface area contributed by atoms with Crippen molar-refractivity contribution in [2.75, 3.05) is 26.2 Å². The van der Waals surface area contributed by atoms with Gasteiger partial charge in [-0.15, -0.1) is 13.2 Å². The van der Waals surface area contributed by atoms with Crippen LogP contribution in [0.2, 0.25) is 0 Å². The third kappa shape index (κ3) is 6.77. The molecule has 190 valence electrons. The summed E-state index contributed by atoms with van der Waals surface area (Å²) >= 11 is 0. The van der Waals surface area contributed by atoms with Crippen molar-refractivity contribution in [3.63, 3.8) is 0 Å². The zero-order chi connectivity index (χ0) is 25.1. The second-order valence-electron chi connectivity index (χ2n) is 10.0. The van der Waals surface area contributed by atoms with Gasteiger partial charge in [-0.2, -0.15) is 0 Å². The molecule has 7 nitrogen and oxygen atoms in total. The summed E-state index contributed by atoms with van der Waals surface area (Å²) in [5.41, 5.74) is -1.72. The Morgan fingerprint density at radius 1 is 1.00 bits per heavy atom. The van der Waals surface area contributed by atoms with Gasteiger partial charge in [0.25, 0.3) is 0 Å². The maximum absolute atomic E-state index is 13.7. The highest BCUT2D eigenvalue weighted by atomic mass is 19.4. The Morgan fingerprint density at radius 2 is 1.59 bits per heavy atom. The fourth-order valence-electron chi connectivity index (χ4n) is 4.65. The summed E-state index contributed by atoms with van der Waals surface area (Å²) in [4.78, 5) is 29.1. The van der Waals surface area contributed by atoms with E-state index in [1.165, 1.54) is 23.1 Å². The van der Waals surface area contributed by atoms with Gasteiger partial charge in [0.1, 0.15) is 11.4 Å². The molecule has 1 atom stereocenters. The molecule has 1 saturated heterocycles. The van der Waals surface area contributed by atoms with Crippen LogP contribution in [0.4, 0.5) is 18.0 Å². The summed E-state index contributed by atoms with van der Waals surface area (Å²) in [5.74, 6) is -1.83. The topological polar surface area (TPSA) is 79.3 Å². The first-order valence-electron chi connectivity index (χ1n) is 11.6. The average molecular weight is 487 g/mol. The largest absolute Gasteiger partial charge is 0.573 e. The molecule has 0 unspecified atom stereocenters. The normalized spacial score (nSPS) is 20.0. The molecule has 2 amide bonds. The number of hydrogen-bond donors (Lipinski definition) is 1. The highest BCUT2D eigenvalue weighted by Gasteiger charge is 2.45. The molecular weight excluding hydrogens is 453 g/mol. The van der Waals surface area contributed by atoms with Gasteiger partial charge in [0.2, 0.25) is 5.91 Å². The van der Waals surface area contributed by atoms with Gasteiger partial charge in [0.05, 0.1) is 11.5 Å². The van der Waals surface area contributed by atoms with Gasteiger partial charge in [0, 0.05) is 26.2 Å². The Bertz CT molecular complexity index is 870. The maximum atomic E-state index is 13.7. The van der Waals surface area contributed by atoms with Crippen LogP contribution in [-0.2, 0) is 9.53 Å². The predicted molar refractivity (Wildman–Crippen MR) is 118 cm³/mol. The summed E-state index contributed by atoms with van der Waals surface area (Å²) in [6.07, 6.45) is -2.18. The molecule has 1 aromatic carbocycles. The van der Waals surface area contributed by atoms with E-state index < -0.39 is 35.3 Å². The van der Waals surface area contributed by atoms with E-state index in [9.17, 15) is 27.9 Å². The third-order valence-electron chi connectivity index (χ3n) is 6.17. The molecule has 0 bridgehead atoms.